The summed E-state index contributed by atoms with van der Waals surface area (Å²) in [6, 6.07) is 13.5. The Kier molecular flexibility index (Phi) is 4.44. The summed E-state index contributed by atoms with van der Waals surface area (Å²) in [5, 5.41) is 0. The molecule has 1 saturated heterocycles. The summed E-state index contributed by atoms with van der Waals surface area (Å²) in [5.41, 5.74) is 3.28. The van der Waals surface area contributed by atoms with E-state index in [0.29, 0.717) is 0 Å². The molecular weight excluding hydrogens is 394 g/mol. The smallest absolute Gasteiger partial charge is 0.334 e. The number of aryl methyl sites for hydroxylation is 1. The Morgan fingerprint density at radius 2 is 1.77 bits per heavy atom. The van der Waals surface area contributed by atoms with E-state index < -0.39 is 0 Å². The molecule has 0 bridgehead atoms. The van der Waals surface area contributed by atoms with Crippen LogP contribution in [0.2, 0.25) is 0 Å². The van der Waals surface area contributed by atoms with Gasteiger partial charge in [-0.15, -0.1) is 0 Å². The molecule has 134 valence electrons. The predicted octanol–water partition coefficient (Wildman–Crippen LogP) is 3.49. The summed E-state index contributed by atoms with van der Waals surface area (Å²) in [4.78, 5) is 27.7. The van der Waals surface area contributed by atoms with Crippen molar-refractivity contribution in [2.45, 2.75) is 26.3 Å². The summed E-state index contributed by atoms with van der Waals surface area (Å²) < 4.78 is 4.26. The molecule has 2 aromatic carbocycles. The number of hydrogen-bond acceptors (Lipinski definition) is 2. The summed E-state index contributed by atoms with van der Waals surface area (Å²) in [6.07, 6.45) is 2.08. The molecular formula is C20H20BrN3O2. The zero-order valence-electron chi connectivity index (χ0n) is 14.6. The second kappa shape index (κ2) is 6.76. The minimum absolute atomic E-state index is 0.0148. The Bertz CT molecular complexity index is 1030. The third-order valence-electron chi connectivity index (χ3n) is 4.99. The maximum absolute atomic E-state index is 13.2. The van der Waals surface area contributed by atoms with Gasteiger partial charge in [-0.25, -0.2) is 4.79 Å². The number of aromatic nitrogens is 2. The van der Waals surface area contributed by atoms with E-state index in [4.69, 9.17) is 0 Å². The van der Waals surface area contributed by atoms with E-state index in [0.717, 1.165) is 52.7 Å². The highest BCUT2D eigenvalue weighted by molar-refractivity contribution is 9.10. The Balaban J connectivity index is 1.87. The lowest BCUT2D eigenvalue weighted by Gasteiger charge is -2.15. The maximum atomic E-state index is 13.2. The van der Waals surface area contributed by atoms with Crippen LogP contribution in [-0.4, -0.2) is 33.0 Å². The fraction of sp³-hybridized carbons (Fsp3) is 0.300. The molecule has 2 heterocycles. The van der Waals surface area contributed by atoms with Crippen molar-refractivity contribution in [1.82, 2.24) is 14.0 Å². The molecule has 26 heavy (non-hydrogen) atoms. The zero-order valence-corrected chi connectivity index (χ0v) is 16.2. The van der Waals surface area contributed by atoms with Gasteiger partial charge in [0.1, 0.15) is 6.54 Å². The molecule has 1 aliphatic heterocycles. The standard InChI is InChI=1S/C20H20BrN3O2/c1-14-5-4-6-17-19(14)24(16-9-7-15(21)8-10-16)20(26)23(17)13-18(25)22-11-2-3-12-22/h4-10H,2-3,11-13H2,1H3. The topological polar surface area (TPSA) is 47.2 Å². The van der Waals surface area contributed by atoms with Crippen LogP contribution in [-0.2, 0) is 11.3 Å². The number of carbonyl (C=O) groups excluding carboxylic acids is 1. The fourth-order valence-electron chi connectivity index (χ4n) is 3.66. The van der Waals surface area contributed by atoms with Crippen molar-refractivity contribution < 1.29 is 4.79 Å². The molecule has 0 radical (unpaired) electrons. The van der Waals surface area contributed by atoms with Crippen LogP contribution < -0.4 is 5.69 Å². The molecule has 1 fully saturated rings. The van der Waals surface area contributed by atoms with Crippen LogP contribution in [0, 0.1) is 6.92 Å². The summed E-state index contributed by atoms with van der Waals surface area (Å²) in [5.74, 6) is 0.0148. The van der Waals surface area contributed by atoms with Crippen molar-refractivity contribution in [2.75, 3.05) is 13.1 Å². The fourth-order valence-corrected chi connectivity index (χ4v) is 3.92. The van der Waals surface area contributed by atoms with Gasteiger partial charge in [-0.1, -0.05) is 28.1 Å². The number of fused-ring (bicyclic) bond motifs is 1. The number of amides is 1. The second-order valence-electron chi connectivity index (χ2n) is 6.71. The lowest BCUT2D eigenvalue weighted by Crippen LogP contribution is -2.34. The van der Waals surface area contributed by atoms with Crippen LogP contribution in [0.1, 0.15) is 18.4 Å². The number of rotatable bonds is 3. The first-order chi connectivity index (χ1) is 12.6. The second-order valence-corrected chi connectivity index (χ2v) is 7.63. The van der Waals surface area contributed by atoms with Crippen molar-refractivity contribution in [3.63, 3.8) is 0 Å². The first-order valence-electron chi connectivity index (χ1n) is 8.81. The Labute approximate surface area is 160 Å². The van der Waals surface area contributed by atoms with E-state index >= 15 is 0 Å². The molecule has 0 saturated carbocycles. The van der Waals surface area contributed by atoms with E-state index in [-0.39, 0.29) is 18.1 Å². The van der Waals surface area contributed by atoms with Crippen molar-refractivity contribution in [1.29, 1.82) is 0 Å². The van der Waals surface area contributed by atoms with Gasteiger partial charge in [0.25, 0.3) is 0 Å². The quantitative estimate of drug-likeness (QED) is 0.659. The van der Waals surface area contributed by atoms with Crippen molar-refractivity contribution in [2.24, 2.45) is 0 Å². The molecule has 3 aromatic rings. The number of carbonyl (C=O) groups is 1. The number of halogens is 1. The van der Waals surface area contributed by atoms with Gasteiger partial charge in [0.15, 0.2) is 0 Å². The van der Waals surface area contributed by atoms with Crippen LogP contribution in [0.5, 0.6) is 0 Å². The van der Waals surface area contributed by atoms with Crippen LogP contribution >= 0.6 is 15.9 Å². The molecule has 1 amide bonds. The first kappa shape index (κ1) is 17.1. The number of hydrogen-bond donors (Lipinski definition) is 0. The Hall–Kier alpha value is -2.34. The van der Waals surface area contributed by atoms with Gasteiger partial charge in [-0.2, -0.15) is 0 Å². The molecule has 0 N–H and O–H groups in total. The average molecular weight is 414 g/mol. The summed E-state index contributed by atoms with van der Waals surface area (Å²) >= 11 is 3.43. The molecule has 6 heteroatoms. The van der Waals surface area contributed by atoms with Crippen molar-refractivity contribution >= 4 is 32.9 Å². The highest BCUT2D eigenvalue weighted by Crippen LogP contribution is 2.23. The number of nitrogens with zero attached hydrogens (tertiary/aromatic N) is 3. The zero-order chi connectivity index (χ0) is 18.3. The summed E-state index contributed by atoms with van der Waals surface area (Å²) in [6.45, 7) is 3.65. The highest BCUT2D eigenvalue weighted by atomic mass is 79.9. The minimum Gasteiger partial charge on any atom is -0.341 e. The third kappa shape index (κ3) is 2.88. The molecule has 5 nitrogen and oxygen atoms in total. The molecule has 0 aliphatic carbocycles. The summed E-state index contributed by atoms with van der Waals surface area (Å²) in [7, 11) is 0. The Morgan fingerprint density at radius 3 is 2.46 bits per heavy atom. The monoisotopic (exact) mass is 413 g/mol. The van der Waals surface area contributed by atoms with E-state index in [1.807, 2.05) is 54.3 Å². The van der Waals surface area contributed by atoms with E-state index in [2.05, 4.69) is 15.9 Å². The third-order valence-corrected chi connectivity index (χ3v) is 5.52. The molecule has 0 unspecified atom stereocenters. The van der Waals surface area contributed by atoms with Crippen LogP contribution in [0.3, 0.4) is 0 Å². The normalized spacial score (nSPS) is 14.3. The van der Waals surface area contributed by atoms with E-state index in [1.54, 1.807) is 9.13 Å². The molecule has 0 spiro atoms. The predicted molar refractivity (Wildman–Crippen MR) is 106 cm³/mol. The minimum atomic E-state index is -0.177. The SMILES string of the molecule is Cc1cccc2c1n(-c1ccc(Br)cc1)c(=O)n2CC(=O)N1CCCC1. The van der Waals surface area contributed by atoms with Gasteiger partial charge in [-0.05, 0) is 55.7 Å². The van der Waals surface area contributed by atoms with Crippen LogP contribution in [0.4, 0.5) is 0 Å². The van der Waals surface area contributed by atoms with Gasteiger partial charge < -0.3 is 4.90 Å². The molecule has 4 rings (SSSR count). The highest BCUT2D eigenvalue weighted by Gasteiger charge is 2.22. The van der Waals surface area contributed by atoms with E-state index in [9.17, 15) is 9.59 Å². The number of imidazole rings is 1. The van der Waals surface area contributed by atoms with Crippen molar-refractivity contribution in [3.05, 3.63) is 63.0 Å². The number of para-hydroxylation sites is 1. The maximum Gasteiger partial charge on any atom is 0.334 e. The van der Waals surface area contributed by atoms with Gasteiger partial charge >= 0.3 is 5.69 Å². The van der Waals surface area contributed by atoms with Crippen LogP contribution in [0.25, 0.3) is 16.7 Å². The van der Waals surface area contributed by atoms with Crippen LogP contribution in [0.15, 0.2) is 51.7 Å². The Morgan fingerprint density at radius 1 is 1.08 bits per heavy atom. The number of likely N-dealkylation sites (tertiary alicyclic amines) is 1. The van der Waals surface area contributed by atoms with Crippen molar-refractivity contribution in [3.8, 4) is 5.69 Å². The lowest BCUT2D eigenvalue weighted by molar-refractivity contribution is -0.130. The largest absolute Gasteiger partial charge is 0.341 e. The molecule has 1 aromatic heterocycles. The van der Waals surface area contributed by atoms with E-state index in [1.165, 1.54) is 0 Å². The number of benzene rings is 2. The van der Waals surface area contributed by atoms with Gasteiger partial charge in [0, 0.05) is 17.6 Å². The van der Waals surface area contributed by atoms with Gasteiger partial charge in [0.2, 0.25) is 5.91 Å². The van der Waals surface area contributed by atoms with Gasteiger partial charge in [-0.3, -0.25) is 13.9 Å². The van der Waals surface area contributed by atoms with Gasteiger partial charge in [0.05, 0.1) is 16.7 Å². The molecule has 1 aliphatic rings. The average Bonchev–Trinajstić information content (AvgIpc) is 3.25. The first-order valence-corrected chi connectivity index (χ1v) is 9.60. The molecule has 0 atom stereocenters. The lowest BCUT2D eigenvalue weighted by atomic mass is 10.2.